The fourth-order valence-electron chi connectivity index (χ4n) is 1.69. The van der Waals surface area contributed by atoms with Crippen LogP contribution in [-0.4, -0.2) is 38.4 Å². The number of carboxylic acids is 1. The van der Waals surface area contributed by atoms with E-state index in [1.54, 1.807) is 13.8 Å². The molecule has 0 amide bonds. The van der Waals surface area contributed by atoms with Gasteiger partial charge in [-0.05, 0) is 12.8 Å². The fraction of sp³-hybridized carbons (Fsp3) is 0.667. The smallest absolute Gasteiger partial charge is 0.351 e. The molecule has 138 valence electrons. The van der Waals surface area contributed by atoms with Crippen molar-refractivity contribution in [1.29, 1.82) is 0 Å². The first-order valence-electron chi connectivity index (χ1n) is 7.79. The summed E-state index contributed by atoms with van der Waals surface area (Å²) in [5.74, 6) is -2.14. The molecule has 1 aromatic rings. The quantitative estimate of drug-likeness (QED) is 0.753. The number of nitrogens with zero attached hydrogens (tertiary/aromatic N) is 2. The highest BCUT2D eigenvalue weighted by Gasteiger charge is 2.27. The molecule has 0 bridgehead atoms. The van der Waals surface area contributed by atoms with Gasteiger partial charge in [0.25, 0.3) is 0 Å². The Labute approximate surface area is 140 Å². The van der Waals surface area contributed by atoms with Crippen LogP contribution in [0.3, 0.4) is 0 Å². The van der Waals surface area contributed by atoms with Gasteiger partial charge < -0.3 is 20.7 Å². The molecule has 0 radical (unpaired) electrons. The minimum Gasteiger partial charge on any atom is -0.481 e. The van der Waals surface area contributed by atoms with Crippen LogP contribution in [0.2, 0.25) is 0 Å². The number of nitrogens with two attached hydrogens (primary N) is 1. The topological polar surface area (TPSA) is 128 Å². The molecule has 2 heterocycles. The highest BCUT2D eigenvalue weighted by Crippen LogP contribution is 2.26. The van der Waals surface area contributed by atoms with Crippen LogP contribution in [0.1, 0.15) is 46.8 Å². The second-order valence-electron chi connectivity index (χ2n) is 5.13. The van der Waals surface area contributed by atoms with Gasteiger partial charge in [0.15, 0.2) is 11.6 Å². The van der Waals surface area contributed by atoms with Crippen LogP contribution in [0.25, 0.3) is 0 Å². The Hall–Kier alpha value is -2.00. The molecule has 8 nitrogen and oxygen atoms in total. The molecule has 1 saturated heterocycles. The molecule has 1 aliphatic heterocycles. The van der Waals surface area contributed by atoms with Crippen molar-refractivity contribution in [3.05, 3.63) is 22.5 Å². The largest absolute Gasteiger partial charge is 0.481 e. The molecule has 2 rings (SSSR count). The van der Waals surface area contributed by atoms with Crippen molar-refractivity contribution in [2.45, 2.75) is 52.9 Å². The van der Waals surface area contributed by atoms with Gasteiger partial charge in [-0.3, -0.25) is 9.36 Å². The maximum absolute atomic E-state index is 13.1. The number of ether oxygens (including phenoxy) is 1. The molecule has 1 aromatic heterocycles. The van der Waals surface area contributed by atoms with E-state index in [4.69, 9.17) is 20.7 Å². The van der Waals surface area contributed by atoms with Crippen LogP contribution in [-0.2, 0) is 9.53 Å². The van der Waals surface area contributed by atoms with Crippen molar-refractivity contribution < 1.29 is 24.1 Å². The molecule has 2 atom stereocenters. The van der Waals surface area contributed by atoms with Gasteiger partial charge in [-0.15, -0.1) is 0 Å². The monoisotopic (exact) mass is 347 g/mol. The van der Waals surface area contributed by atoms with E-state index in [9.17, 15) is 14.0 Å². The third kappa shape index (κ3) is 6.63. The van der Waals surface area contributed by atoms with E-state index in [1.807, 2.05) is 13.8 Å². The van der Waals surface area contributed by atoms with E-state index < -0.39 is 29.5 Å². The van der Waals surface area contributed by atoms with Crippen molar-refractivity contribution in [2.24, 2.45) is 5.92 Å². The molecular formula is C15H26FN3O5. The van der Waals surface area contributed by atoms with E-state index in [1.165, 1.54) is 0 Å². The van der Waals surface area contributed by atoms with E-state index in [-0.39, 0.29) is 18.6 Å². The molecule has 0 aromatic carbocycles. The average Bonchev–Trinajstić information content (AvgIpc) is 3.02. The summed E-state index contributed by atoms with van der Waals surface area (Å²) < 4.78 is 19.5. The number of carbonyl (C=O) groups is 1. The molecule has 1 fully saturated rings. The van der Waals surface area contributed by atoms with Crippen LogP contribution in [0.4, 0.5) is 10.2 Å². The summed E-state index contributed by atoms with van der Waals surface area (Å²) in [7, 11) is 0. The third-order valence-corrected chi connectivity index (χ3v) is 3.03. The Morgan fingerprint density at radius 2 is 2.04 bits per heavy atom. The number of aliphatic hydroxyl groups excluding tert-OH is 1. The van der Waals surface area contributed by atoms with Crippen molar-refractivity contribution >= 4 is 11.8 Å². The van der Waals surface area contributed by atoms with E-state index >= 15 is 0 Å². The highest BCUT2D eigenvalue weighted by molar-refractivity contribution is 5.68. The van der Waals surface area contributed by atoms with Gasteiger partial charge in [-0.2, -0.15) is 4.98 Å². The molecule has 0 saturated carbocycles. The summed E-state index contributed by atoms with van der Waals surface area (Å²) in [6.45, 7) is 7.17. The normalized spacial score (nSPS) is 19.1. The molecule has 9 heteroatoms. The Bertz CT molecular complexity index is 577. The maximum atomic E-state index is 13.1. The fourth-order valence-corrected chi connectivity index (χ4v) is 1.69. The molecule has 4 N–H and O–H groups in total. The standard InChI is InChI=1S/C9H12FN3O3.C4H8O2.C2H6/c10-6-3-13(9(15)12-8(6)11)7-2-1-5(4-14)16-7;1-3(2)4(5)6;1-2/h3,5,7,14H,1-2,4H2,(H2,11,12,15);3H,1-2H3,(H,5,6);1-2H3. The molecular weight excluding hydrogens is 321 g/mol. The predicted molar refractivity (Wildman–Crippen MR) is 86.9 cm³/mol. The number of aromatic nitrogens is 2. The predicted octanol–water partition coefficient (Wildman–Crippen LogP) is 1.39. The Balaban J connectivity index is 0.000000563. The number of hydrogen-bond donors (Lipinski definition) is 3. The van der Waals surface area contributed by atoms with Gasteiger partial charge in [0.1, 0.15) is 6.23 Å². The summed E-state index contributed by atoms with van der Waals surface area (Å²) in [6, 6.07) is 0. The van der Waals surface area contributed by atoms with Gasteiger partial charge in [0.2, 0.25) is 0 Å². The lowest BCUT2D eigenvalue weighted by Crippen LogP contribution is -2.28. The second-order valence-corrected chi connectivity index (χ2v) is 5.13. The summed E-state index contributed by atoms with van der Waals surface area (Å²) >= 11 is 0. The highest BCUT2D eigenvalue weighted by atomic mass is 19.1. The van der Waals surface area contributed by atoms with Crippen molar-refractivity contribution in [3.8, 4) is 0 Å². The Morgan fingerprint density at radius 1 is 1.50 bits per heavy atom. The van der Waals surface area contributed by atoms with Crippen LogP contribution in [0, 0.1) is 11.7 Å². The SMILES string of the molecule is CC.CC(C)C(=O)O.Nc1nc(=O)n(C2CCC(CO)O2)cc1F. The van der Waals surface area contributed by atoms with E-state index in [2.05, 4.69) is 4.98 Å². The summed E-state index contributed by atoms with van der Waals surface area (Å²) in [5.41, 5.74) is 4.51. The Morgan fingerprint density at radius 3 is 2.46 bits per heavy atom. The zero-order chi connectivity index (χ0) is 18.9. The van der Waals surface area contributed by atoms with Crippen molar-refractivity contribution in [1.82, 2.24) is 9.55 Å². The molecule has 1 aliphatic rings. The molecule has 2 unspecified atom stereocenters. The Kier molecular flexibility index (Phi) is 9.82. The zero-order valence-electron chi connectivity index (χ0n) is 14.4. The van der Waals surface area contributed by atoms with E-state index in [0.717, 1.165) is 10.8 Å². The third-order valence-electron chi connectivity index (χ3n) is 3.03. The van der Waals surface area contributed by atoms with Gasteiger partial charge >= 0.3 is 11.7 Å². The number of anilines is 1. The summed E-state index contributed by atoms with van der Waals surface area (Å²) in [6.07, 6.45) is 1.26. The lowest BCUT2D eigenvalue weighted by atomic mass is 10.2. The summed E-state index contributed by atoms with van der Waals surface area (Å²) in [5, 5.41) is 16.9. The first kappa shape index (κ1) is 22.0. The molecule has 0 spiro atoms. The molecule has 0 aliphatic carbocycles. The van der Waals surface area contributed by atoms with Crippen molar-refractivity contribution in [3.63, 3.8) is 0 Å². The van der Waals surface area contributed by atoms with Crippen LogP contribution in [0.15, 0.2) is 11.0 Å². The van der Waals surface area contributed by atoms with Gasteiger partial charge in [-0.1, -0.05) is 27.7 Å². The lowest BCUT2D eigenvalue weighted by molar-refractivity contribution is -0.140. The minimum atomic E-state index is -0.754. The molecule has 24 heavy (non-hydrogen) atoms. The van der Waals surface area contributed by atoms with Crippen LogP contribution < -0.4 is 11.4 Å². The number of carboxylic acid groups (broad SMARTS) is 1. The second kappa shape index (κ2) is 10.7. The minimum absolute atomic E-state index is 0.115. The first-order chi connectivity index (χ1) is 11.3. The number of aliphatic hydroxyl groups is 1. The number of aliphatic carboxylic acids is 1. The van der Waals surface area contributed by atoms with Crippen molar-refractivity contribution in [2.75, 3.05) is 12.3 Å². The van der Waals surface area contributed by atoms with Crippen LogP contribution in [0.5, 0.6) is 0 Å². The van der Waals surface area contributed by atoms with Gasteiger partial charge in [-0.25, -0.2) is 9.18 Å². The maximum Gasteiger partial charge on any atom is 0.351 e. The summed E-state index contributed by atoms with van der Waals surface area (Å²) in [4.78, 5) is 24.5. The van der Waals surface area contributed by atoms with E-state index in [0.29, 0.717) is 12.8 Å². The number of rotatable bonds is 3. The number of hydrogen-bond acceptors (Lipinski definition) is 6. The lowest BCUT2D eigenvalue weighted by Gasteiger charge is -2.14. The number of halogens is 1. The zero-order valence-corrected chi connectivity index (χ0v) is 14.4. The van der Waals surface area contributed by atoms with Crippen LogP contribution >= 0.6 is 0 Å². The first-order valence-corrected chi connectivity index (χ1v) is 7.79. The number of nitrogen functional groups attached to an aromatic ring is 1. The van der Waals surface area contributed by atoms with Gasteiger partial charge in [0.05, 0.1) is 24.8 Å². The van der Waals surface area contributed by atoms with Gasteiger partial charge in [0, 0.05) is 0 Å². The average molecular weight is 347 g/mol.